The maximum atomic E-state index is 13.4. The minimum atomic E-state index is -0.636. The highest BCUT2D eigenvalue weighted by molar-refractivity contribution is 9.10. The van der Waals surface area contributed by atoms with Crippen LogP contribution in [0.25, 0.3) is 0 Å². The smallest absolute Gasteiger partial charge is 0.253 e. The van der Waals surface area contributed by atoms with Crippen molar-refractivity contribution in [1.82, 2.24) is 0 Å². The minimum absolute atomic E-state index is 0.133. The van der Waals surface area contributed by atoms with Crippen molar-refractivity contribution in [1.29, 1.82) is 0 Å². The first-order chi connectivity index (χ1) is 8.54. The lowest BCUT2D eigenvalue weighted by atomic mass is 10.3. The van der Waals surface area contributed by atoms with E-state index in [1.165, 1.54) is 12.1 Å². The molecule has 0 spiro atoms. The van der Waals surface area contributed by atoms with Crippen LogP contribution in [0.5, 0.6) is 0 Å². The van der Waals surface area contributed by atoms with Gasteiger partial charge in [0, 0.05) is 4.47 Å². The zero-order chi connectivity index (χ0) is 13.5. The molecule has 1 rings (SSSR count). The molecule has 1 N–H and O–H groups in total. The molecule has 1 aromatic rings. The summed E-state index contributed by atoms with van der Waals surface area (Å²) < 4.78 is 19.4. The van der Waals surface area contributed by atoms with E-state index in [-0.39, 0.29) is 11.6 Å². The van der Waals surface area contributed by atoms with Gasteiger partial charge in [-0.25, -0.2) is 4.39 Å². The second-order valence-corrected chi connectivity index (χ2v) is 4.62. The van der Waals surface area contributed by atoms with Crippen LogP contribution in [0.1, 0.15) is 13.3 Å². The molecule has 0 heterocycles. The first kappa shape index (κ1) is 14.9. The average Bonchev–Trinajstić information content (AvgIpc) is 2.34. The molecule has 98 valence electrons. The van der Waals surface area contributed by atoms with Crippen molar-refractivity contribution in [2.45, 2.75) is 19.4 Å². The third-order valence-electron chi connectivity index (χ3n) is 2.25. The van der Waals surface area contributed by atoms with Crippen molar-refractivity contribution in [3.8, 4) is 0 Å². The predicted molar refractivity (Wildman–Crippen MR) is 73.0 cm³/mol. The highest BCUT2D eigenvalue weighted by Gasteiger charge is 2.15. The lowest BCUT2D eigenvalue weighted by molar-refractivity contribution is -0.126. The zero-order valence-corrected chi connectivity index (χ0v) is 11.7. The Bertz CT molecular complexity index is 437. The molecule has 0 saturated carbocycles. The minimum Gasteiger partial charge on any atom is -0.368 e. The normalized spacial score (nSPS) is 11.9. The second kappa shape index (κ2) is 7.28. The molecule has 1 aromatic carbocycles. The first-order valence-electron chi connectivity index (χ1n) is 5.53. The lowest BCUT2D eigenvalue weighted by Gasteiger charge is -2.13. The van der Waals surface area contributed by atoms with Gasteiger partial charge in [0.05, 0.1) is 12.3 Å². The van der Waals surface area contributed by atoms with Crippen LogP contribution in [0.2, 0.25) is 0 Å². The number of amides is 1. The Morgan fingerprint density at radius 3 is 3.06 bits per heavy atom. The maximum absolute atomic E-state index is 13.4. The van der Waals surface area contributed by atoms with Crippen LogP contribution < -0.4 is 5.32 Å². The molecule has 5 heteroatoms. The Labute approximate surface area is 114 Å². The molecule has 0 aliphatic rings. The van der Waals surface area contributed by atoms with Crippen molar-refractivity contribution in [3.63, 3.8) is 0 Å². The summed E-state index contributed by atoms with van der Waals surface area (Å²) in [5.41, 5.74) is 0.133. The largest absolute Gasteiger partial charge is 0.368 e. The molecule has 1 unspecified atom stereocenters. The summed E-state index contributed by atoms with van der Waals surface area (Å²) in [6, 6.07) is 4.35. The molecule has 0 saturated heterocycles. The van der Waals surface area contributed by atoms with E-state index in [1.807, 2.05) is 0 Å². The summed E-state index contributed by atoms with van der Waals surface area (Å²) in [7, 11) is 0. The third kappa shape index (κ3) is 4.58. The third-order valence-corrected chi connectivity index (χ3v) is 2.74. The van der Waals surface area contributed by atoms with Gasteiger partial charge in [-0.15, -0.1) is 6.58 Å². The predicted octanol–water partition coefficient (Wildman–Crippen LogP) is 3.51. The van der Waals surface area contributed by atoms with Crippen molar-refractivity contribution in [2.75, 3.05) is 11.9 Å². The monoisotopic (exact) mass is 315 g/mol. The molecular formula is C13H15BrFNO2. The molecule has 0 aliphatic carbocycles. The van der Waals surface area contributed by atoms with Crippen LogP contribution in [0, 0.1) is 5.82 Å². The van der Waals surface area contributed by atoms with Crippen LogP contribution in [0.15, 0.2) is 35.3 Å². The summed E-state index contributed by atoms with van der Waals surface area (Å²) in [5.74, 6) is -0.860. The Morgan fingerprint density at radius 1 is 1.67 bits per heavy atom. The Morgan fingerprint density at radius 2 is 2.39 bits per heavy atom. The molecule has 0 fully saturated rings. The van der Waals surface area contributed by atoms with E-state index < -0.39 is 11.9 Å². The summed E-state index contributed by atoms with van der Waals surface area (Å²) in [6.45, 7) is 5.59. The topological polar surface area (TPSA) is 38.3 Å². The Hall–Kier alpha value is -1.20. The first-order valence-corrected chi connectivity index (χ1v) is 6.32. The molecule has 0 radical (unpaired) electrons. The average molecular weight is 316 g/mol. The number of nitrogens with one attached hydrogen (secondary N) is 1. The quantitative estimate of drug-likeness (QED) is 0.644. The number of halogens is 2. The second-order valence-electron chi connectivity index (χ2n) is 3.70. The molecule has 0 aliphatic heterocycles. The van der Waals surface area contributed by atoms with E-state index in [4.69, 9.17) is 4.74 Å². The van der Waals surface area contributed by atoms with Crippen molar-refractivity contribution in [3.05, 3.63) is 41.1 Å². The van der Waals surface area contributed by atoms with Crippen LogP contribution in [-0.2, 0) is 9.53 Å². The van der Waals surface area contributed by atoms with Crippen molar-refractivity contribution < 1.29 is 13.9 Å². The fourth-order valence-electron chi connectivity index (χ4n) is 1.23. The fraction of sp³-hybridized carbons (Fsp3) is 0.308. The SMILES string of the molecule is C=CCCOC(C)C(=O)Nc1cc(Br)ccc1F. The van der Waals surface area contributed by atoms with E-state index in [1.54, 1.807) is 19.1 Å². The fourth-order valence-corrected chi connectivity index (χ4v) is 1.59. The molecule has 1 atom stereocenters. The van der Waals surface area contributed by atoms with Gasteiger partial charge < -0.3 is 10.1 Å². The molecular weight excluding hydrogens is 301 g/mol. The number of benzene rings is 1. The van der Waals surface area contributed by atoms with E-state index in [2.05, 4.69) is 27.8 Å². The summed E-state index contributed by atoms with van der Waals surface area (Å²) >= 11 is 3.21. The van der Waals surface area contributed by atoms with Gasteiger partial charge in [-0.1, -0.05) is 22.0 Å². The summed E-state index contributed by atoms with van der Waals surface area (Å²) in [4.78, 5) is 11.7. The standard InChI is InChI=1S/C13H15BrFNO2/c1-3-4-7-18-9(2)13(17)16-12-8-10(14)5-6-11(12)15/h3,5-6,8-9H,1,4,7H2,2H3,(H,16,17). The van der Waals surface area contributed by atoms with Crippen LogP contribution in [0.3, 0.4) is 0 Å². The van der Waals surface area contributed by atoms with Crippen molar-refractivity contribution in [2.24, 2.45) is 0 Å². The van der Waals surface area contributed by atoms with E-state index in [0.717, 1.165) is 0 Å². The number of hydrogen-bond acceptors (Lipinski definition) is 2. The van der Waals surface area contributed by atoms with Crippen LogP contribution in [-0.4, -0.2) is 18.6 Å². The van der Waals surface area contributed by atoms with Gasteiger partial charge in [-0.3, -0.25) is 4.79 Å². The van der Waals surface area contributed by atoms with E-state index >= 15 is 0 Å². The van der Waals surface area contributed by atoms with Gasteiger partial charge in [0.1, 0.15) is 11.9 Å². The number of carbonyl (C=O) groups excluding carboxylic acids is 1. The van der Waals surface area contributed by atoms with E-state index in [9.17, 15) is 9.18 Å². The van der Waals surface area contributed by atoms with Gasteiger partial charge in [0.25, 0.3) is 5.91 Å². The summed E-state index contributed by atoms with van der Waals surface area (Å²) in [6.07, 6.45) is 1.74. The van der Waals surface area contributed by atoms with Crippen LogP contribution in [0.4, 0.5) is 10.1 Å². The number of hydrogen-bond donors (Lipinski definition) is 1. The molecule has 18 heavy (non-hydrogen) atoms. The van der Waals surface area contributed by atoms with Gasteiger partial charge in [-0.2, -0.15) is 0 Å². The number of rotatable bonds is 6. The molecule has 3 nitrogen and oxygen atoms in total. The number of carbonyl (C=O) groups is 1. The maximum Gasteiger partial charge on any atom is 0.253 e. The molecule has 1 amide bonds. The lowest BCUT2D eigenvalue weighted by Crippen LogP contribution is -2.28. The van der Waals surface area contributed by atoms with Crippen LogP contribution >= 0.6 is 15.9 Å². The Kier molecular flexibility index (Phi) is 6.01. The number of ether oxygens (including phenoxy) is 1. The van der Waals surface area contributed by atoms with Gasteiger partial charge >= 0.3 is 0 Å². The molecule has 0 bridgehead atoms. The van der Waals surface area contributed by atoms with Gasteiger partial charge in [0.2, 0.25) is 0 Å². The van der Waals surface area contributed by atoms with Crippen molar-refractivity contribution >= 4 is 27.5 Å². The highest BCUT2D eigenvalue weighted by atomic mass is 79.9. The van der Waals surface area contributed by atoms with Gasteiger partial charge in [-0.05, 0) is 31.5 Å². The highest BCUT2D eigenvalue weighted by Crippen LogP contribution is 2.20. The summed E-state index contributed by atoms with van der Waals surface area (Å²) in [5, 5.41) is 2.48. The number of anilines is 1. The van der Waals surface area contributed by atoms with Gasteiger partial charge in [0.15, 0.2) is 0 Å². The van der Waals surface area contributed by atoms with E-state index in [0.29, 0.717) is 17.5 Å². The Balaban J connectivity index is 2.58. The zero-order valence-electron chi connectivity index (χ0n) is 10.1. The molecule has 0 aromatic heterocycles.